The van der Waals surface area contributed by atoms with Crippen LogP contribution in [-0.2, 0) is 0 Å². The maximum Gasteiger partial charge on any atom is 0.390 e. The van der Waals surface area contributed by atoms with Crippen LogP contribution in [0.5, 0.6) is 0 Å². The second kappa shape index (κ2) is 6.16. The van der Waals surface area contributed by atoms with Crippen molar-refractivity contribution >= 4 is 25.8 Å². The number of nitrogens with zero attached hydrogens (tertiary/aromatic N) is 3. The van der Waals surface area contributed by atoms with Gasteiger partial charge in [0, 0.05) is 28.4 Å². The van der Waals surface area contributed by atoms with Crippen LogP contribution in [0.25, 0.3) is 0 Å². The van der Waals surface area contributed by atoms with Gasteiger partial charge in [-0.15, -0.1) is 0 Å². The van der Waals surface area contributed by atoms with Gasteiger partial charge in [0.05, 0.1) is 27.3 Å². The first-order valence-corrected chi connectivity index (χ1v) is 6.78. The molecule has 0 aromatic carbocycles. The number of aliphatic hydroxyl groups excluding tert-OH is 2. The highest BCUT2D eigenvalue weighted by Crippen LogP contribution is 2.17. The van der Waals surface area contributed by atoms with Gasteiger partial charge in [0.2, 0.25) is 0 Å². The molecule has 0 bridgehead atoms. The zero-order valence-corrected chi connectivity index (χ0v) is 10.5. The lowest BCUT2D eigenvalue weighted by molar-refractivity contribution is 0.281. The lowest BCUT2D eigenvalue weighted by Crippen LogP contribution is -2.30. The molecule has 0 amide bonds. The molecule has 7 heteroatoms. The monoisotopic (exact) mass is 250 g/mol. The van der Waals surface area contributed by atoms with E-state index in [0.717, 1.165) is 9.93 Å². The van der Waals surface area contributed by atoms with Gasteiger partial charge < -0.3 is 15.1 Å². The number of aromatic nitrogens is 1. The molecule has 0 spiro atoms. The van der Waals surface area contributed by atoms with Crippen LogP contribution in [0.3, 0.4) is 0 Å². The van der Waals surface area contributed by atoms with Crippen LogP contribution in [0.4, 0.5) is 5.13 Å². The predicted molar refractivity (Wildman–Crippen MR) is 63.5 cm³/mol. The Bertz CT molecular complexity index is 351. The molecule has 0 aliphatic rings. The maximum absolute atomic E-state index is 8.89. The second-order valence-electron chi connectivity index (χ2n) is 3.17. The van der Waals surface area contributed by atoms with Crippen molar-refractivity contribution < 1.29 is 10.2 Å². The lowest BCUT2D eigenvalue weighted by atomic mass is 10.5. The Morgan fingerprint density at radius 2 is 1.80 bits per heavy atom. The van der Waals surface area contributed by atoms with Gasteiger partial charge in [-0.05, 0) is 10.3 Å². The molecular formula is C8H16N3O2S2+. The summed E-state index contributed by atoms with van der Waals surface area (Å²) in [6.45, 7) is 1.16. The molecule has 0 radical (unpaired) electrons. The van der Waals surface area contributed by atoms with Crippen LogP contribution >= 0.6 is 20.7 Å². The smallest absolute Gasteiger partial charge is 0.390 e. The van der Waals surface area contributed by atoms with Crippen LogP contribution in [0, 0.1) is 0 Å². The van der Waals surface area contributed by atoms with Crippen LogP contribution in [0.2, 0.25) is 0 Å². The summed E-state index contributed by atoms with van der Waals surface area (Å²) < 4.78 is 1.95. The zero-order chi connectivity index (χ0) is 11.3. The summed E-state index contributed by atoms with van der Waals surface area (Å²) in [7, 11) is 7.03. The Labute approximate surface area is 96.0 Å². The van der Waals surface area contributed by atoms with Crippen LogP contribution in [0.1, 0.15) is 0 Å². The van der Waals surface area contributed by atoms with Crippen molar-refractivity contribution in [2.24, 2.45) is 0 Å². The number of rotatable bonds is 5. The van der Waals surface area contributed by atoms with Gasteiger partial charge in [0.15, 0.2) is 0 Å². The minimum absolute atomic E-state index is 0.0710. The molecular weight excluding hydrogens is 234 g/mol. The van der Waals surface area contributed by atoms with Crippen LogP contribution in [-0.4, -0.2) is 55.6 Å². The van der Waals surface area contributed by atoms with Crippen molar-refractivity contribution in [1.29, 1.82) is 0 Å². The highest BCUT2D eigenvalue weighted by Gasteiger charge is 2.15. The molecule has 15 heavy (non-hydrogen) atoms. The lowest BCUT2D eigenvalue weighted by Gasteiger charge is -2.15. The third-order valence-corrected chi connectivity index (χ3v) is 4.11. The molecule has 0 fully saturated rings. The summed E-state index contributed by atoms with van der Waals surface area (Å²) >= 11 is 0. The van der Waals surface area contributed by atoms with E-state index in [1.165, 1.54) is 0 Å². The van der Waals surface area contributed by atoms with Crippen molar-refractivity contribution in [3.63, 3.8) is 0 Å². The Balaban J connectivity index is 2.86. The first kappa shape index (κ1) is 12.6. The van der Waals surface area contributed by atoms with E-state index in [0.29, 0.717) is 13.1 Å². The number of aliphatic hydroxyl groups is 2. The fraction of sp³-hybridized carbons (Fsp3) is 0.750. The largest absolute Gasteiger partial charge is 0.395 e. The van der Waals surface area contributed by atoms with Crippen molar-refractivity contribution in [3.05, 3.63) is 4.80 Å². The number of hydrogen-bond acceptors (Lipinski definition) is 6. The van der Waals surface area contributed by atoms with Gasteiger partial charge in [-0.3, -0.25) is 4.58 Å². The Morgan fingerprint density at radius 3 is 2.20 bits per heavy atom. The van der Waals surface area contributed by atoms with Crippen molar-refractivity contribution in [3.8, 4) is 0 Å². The number of anilines is 1. The summed E-state index contributed by atoms with van der Waals surface area (Å²) in [6, 6.07) is 0. The van der Waals surface area contributed by atoms with Gasteiger partial charge >= 0.3 is 9.93 Å². The second-order valence-corrected chi connectivity index (χ2v) is 5.24. The molecule has 86 valence electrons. The van der Waals surface area contributed by atoms with Crippen molar-refractivity contribution in [1.82, 2.24) is 9.56 Å². The fourth-order valence-electron chi connectivity index (χ4n) is 1.04. The molecule has 0 aliphatic heterocycles. The van der Waals surface area contributed by atoms with Gasteiger partial charge in [-0.25, -0.2) is 0 Å². The molecule has 0 saturated heterocycles. The van der Waals surface area contributed by atoms with E-state index in [2.05, 4.69) is 4.98 Å². The highest BCUT2D eigenvalue weighted by atomic mass is 32.9. The van der Waals surface area contributed by atoms with E-state index in [1.807, 2.05) is 23.6 Å². The van der Waals surface area contributed by atoms with E-state index in [9.17, 15) is 0 Å². The average molecular weight is 250 g/mol. The Kier molecular flexibility index (Phi) is 5.16. The third kappa shape index (κ3) is 3.53. The number of hydrogen-bond donors (Lipinski definition) is 2. The van der Waals surface area contributed by atoms with Gasteiger partial charge in [-0.1, -0.05) is 0 Å². The zero-order valence-electron chi connectivity index (χ0n) is 8.88. The summed E-state index contributed by atoms with van der Waals surface area (Å²) in [6.07, 6.45) is 0. The van der Waals surface area contributed by atoms with E-state index >= 15 is 0 Å². The predicted octanol–water partition coefficient (Wildman–Crippen LogP) is -0.973. The molecule has 2 N–H and O–H groups in total. The minimum Gasteiger partial charge on any atom is -0.395 e. The van der Waals surface area contributed by atoms with E-state index in [1.54, 1.807) is 20.7 Å². The summed E-state index contributed by atoms with van der Waals surface area (Å²) in [4.78, 5) is 7.24. The summed E-state index contributed by atoms with van der Waals surface area (Å²) in [5.74, 6) is 0. The van der Waals surface area contributed by atoms with Crippen molar-refractivity contribution in [2.45, 2.75) is 0 Å². The molecule has 0 unspecified atom stereocenters. The van der Waals surface area contributed by atoms with E-state index < -0.39 is 0 Å². The molecule has 0 aliphatic carbocycles. The first-order chi connectivity index (χ1) is 7.19. The molecule has 0 atom stereocenters. The molecule has 1 rings (SSSR count). The SMILES string of the molecule is C[N+](C)=c1nc(N(CCO)CCO)ss1. The molecule has 1 heterocycles. The fourth-order valence-corrected chi connectivity index (χ4v) is 3.36. The van der Waals surface area contributed by atoms with Crippen LogP contribution in [0.15, 0.2) is 0 Å². The van der Waals surface area contributed by atoms with Crippen LogP contribution < -0.4 is 14.3 Å². The quantitative estimate of drug-likeness (QED) is 0.521. The van der Waals surface area contributed by atoms with Gasteiger partial charge in [-0.2, -0.15) is 0 Å². The molecule has 1 aromatic rings. The third-order valence-electron chi connectivity index (χ3n) is 1.77. The van der Waals surface area contributed by atoms with Gasteiger partial charge in [0.25, 0.3) is 0 Å². The van der Waals surface area contributed by atoms with E-state index in [4.69, 9.17) is 10.2 Å². The molecule has 5 nitrogen and oxygen atoms in total. The maximum atomic E-state index is 8.89. The van der Waals surface area contributed by atoms with E-state index in [-0.39, 0.29) is 13.2 Å². The summed E-state index contributed by atoms with van der Waals surface area (Å²) in [5, 5.41) is 18.6. The minimum atomic E-state index is 0.0710. The first-order valence-electron chi connectivity index (χ1n) is 4.63. The molecule has 1 aromatic heterocycles. The Morgan fingerprint density at radius 1 is 1.20 bits per heavy atom. The standard InChI is InChI=1S/C8H16N3O2S2/c1-10(2)7-9-8(15-14-7)11(3-5-12)4-6-13/h12-13H,3-6H2,1-2H3/q+1. The average Bonchev–Trinajstić information content (AvgIpc) is 2.66. The highest BCUT2D eigenvalue weighted by molar-refractivity contribution is 7.69. The normalized spacial score (nSPS) is 10.4. The van der Waals surface area contributed by atoms with Gasteiger partial charge in [0.1, 0.15) is 0 Å². The van der Waals surface area contributed by atoms with Crippen molar-refractivity contribution in [2.75, 3.05) is 45.3 Å². The molecule has 0 saturated carbocycles. The topological polar surface area (TPSA) is 59.6 Å². The summed E-state index contributed by atoms with van der Waals surface area (Å²) in [5.41, 5.74) is 0. The Hall–Kier alpha value is -0.500.